The number of ether oxygens (including phenoxy) is 5. The van der Waals surface area contributed by atoms with Crippen LogP contribution in [0, 0.1) is 0 Å². The Bertz CT molecular complexity index is 791. The second kappa shape index (κ2) is 13.7. The highest BCUT2D eigenvalue weighted by Crippen LogP contribution is 2.33. The van der Waals surface area contributed by atoms with Crippen LogP contribution in [0.15, 0.2) is 0 Å². The molecule has 3 aliphatic rings. The van der Waals surface area contributed by atoms with Crippen LogP contribution in [-0.2, 0) is 32.8 Å². The molecule has 3 heterocycles. The van der Waals surface area contributed by atoms with Gasteiger partial charge in [0.25, 0.3) is 0 Å². The Morgan fingerprint density at radius 1 is 0.718 bits per heavy atom. The van der Waals surface area contributed by atoms with E-state index in [0.29, 0.717) is 0 Å². The van der Waals surface area contributed by atoms with Crippen molar-refractivity contribution in [1.29, 1.82) is 0 Å². The molecule has 0 aromatic heterocycles. The zero-order valence-corrected chi connectivity index (χ0v) is 21.7. The van der Waals surface area contributed by atoms with Crippen LogP contribution in [0.25, 0.3) is 0 Å². The molecule has 3 aliphatic heterocycles. The van der Waals surface area contributed by atoms with E-state index in [1.54, 1.807) is 0 Å². The lowest BCUT2D eigenvalue weighted by Crippen LogP contribution is -2.69. The van der Waals surface area contributed by atoms with Gasteiger partial charge in [0.05, 0.1) is 19.8 Å². The van der Waals surface area contributed by atoms with Crippen LogP contribution in [0.4, 0.5) is 0 Å². The predicted molar refractivity (Wildman–Crippen MR) is 124 cm³/mol. The standard InChI is InChI=1S/C22H39NO16/c1-7(27)23-11-14(30)17(37-22-16(32)19(39(2)3)13(29)9(5-25)35-22)10(6-26)36-21(11)38-18-12(28)8(4-24)34-20(33)15(18)31/h8-22,24-26,28-33H,4-6H2,1-3H3/p+1/t8-,9-,10-,11-,12+,13+,14-,15-,16-,17-,18+,19+,20-,21+,22+/m1/s1. The number of amides is 1. The maximum absolute atomic E-state index is 12.0. The third kappa shape index (κ3) is 6.85. The first kappa shape index (κ1) is 32.4. The van der Waals surface area contributed by atoms with E-state index < -0.39 is 118 Å². The molecule has 1 amide bonds. The normalized spacial score (nSPS) is 47.3. The van der Waals surface area contributed by atoms with Crippen molar-refractivity contribution in [3.05, 3.63) is 0 Å². The second-order valence-electron chi connectivity index (χ2n) is 9.92. The Labute approximate surface area is 223 Å². The van der Waals surface area contributed by atoms with Crippen molar-refractivity contribution in [1.82, 2.24) is 5.32 Å². The number of hydrogen-bond acceptors (Lipinski definition) is 15. The minimum absolute atomic E-state index is 0.632. The Balaban J connectivity index is 1.85. The summed E-state index contributed by atoms with van der Waals surface area (Å²) in [5.74, 6) is -0.653. The lowest BCUT2D eigenvalue weighted by atomic mass is 9.94. The van der Waals surface area contributed by atoms with Gasteiger partial charge >= 0.3 is 0 Å². The van der Waals surface area contributed by atoms with E-state index in [9.17, 15) is 50.8 Å². The van der Waals surface area contributed by atoms with Gasteiger partial charge in [0.2, 0.25) is 12.0 Å². The van der Waals surface area contributed by atoms with Crippen molar-refractivity contribution in [2.75, 3.05) is 34.0 Å². The van der Waals surface area contributed by atoms with Crippen LogP contribution in [-0.4, -0.2) is 178 Å². The summed E-state index contributed by atoms with van der Waals surface area (Å²) in [6.45, 7) is -1.02. The molecule has 15 atom stereocenters. The molecule has 3 fully saturated rings. The summed E-state index contributed by atoms with van der Waals surface area (Å²) in [4.78, 5) is 12.0. The fraction of sp³-hybridized carbons (Fsp3) is 0.955. The van der Waals surface area contributed by atoms with Crippen LogP contribution in [0.5, 0.6) is 0 Å². The number of carbonyl (C=O) groups is 1. The number of aliphatic hydroxyl groups excluding tert-OH is 9. The molecule has 0 bridgehead atoms. The molecular weight excluding hydrogens is 534 g/mol. The van der Waals surface area contributed by atoms with E-state index in [4.69, 9.17) is 23.7 Å². The summed E-state index contributed by atoms with van der Waals surface area (Å²) >= 11 is 0. The molecule has 3 saturated heterocycles. The molecule has 0 saturated carbocycles. The van der Waals surface area contributed by atoms with Crippen LogP contribution in [0.2, 0.25) is 0 Å². The van der Waals surface area contributed by atoms with Gasteiger partial charge in [0, 0.05) is 6.92 Å². The van der Waals surface area contributed by atoms with Crippen molar-refractivity contribution in [2.45, 2.75) is 99.0 Å². The Kier molecular flexibility index (Phi) is 11.4. The Hall–Kier alpha value is -1.13. The third-order valence-corrected chi connectivity index (χ3v) is 7.01. The van der Waals surface area contributed by atoms with Gasteiger partial charge in [-0.25, -0.2) is 0 Å². The van der Waals surface area contributed by atoms with Gasteiger partial charge in [-0.1, -0.05) is 0 Å². The lowest BCUT2D eigenvalue weighted by Gasteiger charge is -2.49. The molecule has 0 spiro atoms. The van der Waals surface area contributed by atoms with E-state index in [1.807, 2.05) is 0 Å². The minimum atomic E-state index is -1.85. The van der Waals surface area contributed by atoms with E-state index >= 15 is 0 Å². The molecule has 39 heavy (non-hydrogen) atoms. The third-order valence-electron chi connectivity index (χ3n) is 7.01. The molecule has 10 N–H and O–H groups in total. The van der Waals surface area contributed by atoms with Gasteiger partial charge in [-0.2, -0.15) is 0 Å². The first-order valence-electron chi connectivity index (χ1n) is 12.4. The Morgan fingerprint density at radius 2 is 1.26 bits per heavy atom. The number of carbonyl (C=O) groups excluding carboxylic acids is 1. The number of nitrogens with one attached hydrogen (secondary N) is 1. The molecule has 0 radical (unpaired) electrons. The summed E-state index contributed by atoms with van der Waals surface area (Å²) in [6.07, 6.45) is -21.1. The smallest absolute Gasteiger partial charge is 0.217 e. The fourth-order valence-corrected chi connectivity index (χ4v) is 5.00. The Morgan fingerprint density at radius 3 is 1.79 bits per heavy atom. The molecule has 17 nitrogen and oxygen atoms in total. The summed E-state index contributed by atoms with van der Waals surface area (Å²) < 4.78 is 30.0. The van der Waals surface area contributed by atoms with Gasteiger partial charge in [-0.15, -0.1) is 0 Å². The molecule has 228 valence electrons. The summed E-state index contributed by atoms with van der Waals surface area (Å²) in [7, 11) is 2.99. The topological polar surface area (TPSA) is 260 Å². The van der Waals surface area contributed by atoms with Gasteiger partial charge in [-0.05, 0) is 0 Å². The van der Waals surface area contributed by atoms with Crippen molar-refractivity contribution < 1.29 is 78.8 Å². The van der Waals surface area contributed by atoms with Crippen LogP contribution >= 0.6 is 0 Å². The van der Waals surface area contributed by atoms with Gasteiger partial charge in [-0.3, -0.25) is 4.79 Å². The molecule has 17 heteroatoms. The highest BCUT2D eigenvalue weighted by molar-refractivity contribution is 5.73. The quantitative estimate of drug-likeness (QED) is 0.115. The number of aliphatic hydroxyl groups is 9. The molecule has 0 aliphatic carbocycles. The highest BCUT2D eigenvalue weighted by atomic mass is 16.8. The molecular formula is C22H40NO16+. The first-order valence-corrected chi connectivity index (χ1v) is 12.4. The van der Waals surface area contributed by atoms with Crippen LogP contribution in [0.3, 0.4) is 0 Å². The van der Waals surface area contributed by atoms with Gasteiger partial charge in [0.15, 0.2) is 31.1 Å². The van der Waals surface area contributed by atoms with E-state index in [2.05, 4.69) is 9.68 Å². The van der Waals surface area contributed by atoms with E-state index in [0.717, 1.165) is 6.92 Å². The summed E-state index contributed by atoms with van der Waals surface area (Å²) in [5.41, 5.74) is 0. The largest absolute Gasteiger partial charge is 0.420 e. The molecule has 0 aromatic carbocycles. The van der Waals surface area contributed by atoms with Crippen molar-refractivity contribution in [2.24, 2.45) is 0 Å². The maximum atomic E-state index is 12.0. The zero-order valence-electron chi connectivity index (χ0n) is 21.7. The molecule has 0 aromatic rings. The van der Waals surface area contributed by atoms with E-state index in [-0.39, 0.29) is 0 Å². The monoisotopic (exact) mass is 574 g/mol. The van der Waals surface area contributed by atoms with Crippen molar-refractivity contribution >= 4 is 5.91 Å². The molecule has 3 rings (SSSR count). The summed E-state index contributed by atoms with van der Waals surface area (Å²) in [5, 5.41) is 94.8. The van der Waals surface area contributed by atoms with Crippen molar-refractivity contribution in [3.8, 4) is 0 Å². The summed E-state index contributed by atoms with van der Waals surface area (Å²) in [6, 6.07) is -1.44. The minimum Gasteiger partial charge on any atom is -0.420 e. The van der Waals surface area contributed by atoms with E-state index in [1.165, 1.54) is 14.2 Å². The SMILES string of the molecule is CC(=O)N[C@H]1[C@H](O[C@@H]2[C@@H](O)[C@H](O)O[C@H](CO)[C@@H]2O)O[C@H](CO)[C@@H](O[C@@H]2O[C@H](CO)[C@H](O)[C@H]([O+](C)C)[C@H]2O)[C@@H]1O. The molecule has 0 unspecified atom stereocenters. The second-order valence-corrected chi connectivity index (χ2v) is 9.92. The van der Waals surface area contributed by atoms with Crippen LogP contribution in [0.1, 0.15) is 6.92 Å². The lowest BCUT2D eigenvalue weighted by molar-refractivity contribution is -0.375. The number of hydrogen-bond donors (Lipinski definition) is 10. The number of rotatable bonds is 9. The van der Waals surface area contributed by atoms with Crippen LogP contribution < -0.4 is 5.32 Å². The fourth-order valence-electron chi connectivity index (χ4n) is 5.00. The predicted octanol–water partition coefficient (Wildman–Crippen LogP) is -6.61. The van der Waals surface area contributed by atoms with Gasteiger partial charge < -0.3 is 79.3 Å². The highest BCUT2D eigenvalue weighted by Gasteiger charge is 2.55. The van der Waals surface area contributed by atoms with Crippen molar-refractivity contribution in [3.63, 3.8) is 0 Å². The maximum Gasteiger partial charge on any atom is 0.217 e. The zero-order chi connectivity index (χ0) is 29.2. The average Bonchev–Trinajstić information content (AvgIpc) is 2.88. The van der Waals surface area contributed by atoms with Gasteiger partial charge in [0.1, 0.15) is 69.1 Å². The average molecular weight is 575 g/mol. The first-order chi connectivity index (χ1) is 18.4.